The second kappa shape index (κ2) is 10.9. The minimum absolute atomic E-state index is 0.173. The first-order valence-corrected chi connectivity index (χ1v) is 13.7. The van der Waals surface area contributed by atoms with Gasteiger partial charge in [0.05, 0.1) is 12.1 Å². The second-order valence-corrected chi connectivity index (χ2v) is 10.3. The van der Waals surface area contributed by atoms with E-state index in [0.29, 0.717) is 5.82 Å². The van der Waals surface area contributed by atoms with E-state index in [-0.39, 0.29) is 5.91 Å². The largest absolute Gasteiger partial charge is 0.382 e. The Morgan fingerprint density at radius 2 is 1.82 bits per heavy atom. The molecule has 0 atom stereocenters. The zero-order valence-corrected chi connectivity index (χ0v) is 22.3. The molecule has 3 aromatic heterocycles. The van der Waals surface area contributed by atoms with E-state index in [4.69, 9.17) is 10.8 Å². The SMILES string of the molecule is CC(=O)N1CCN(CCCCc2cc(-c3ccc4cn(Cc5ccccc5)nc4c3)c3c(N)ncnn23)CC1. The standard InChI is InChI=1S/C30H34N8O/c1-22(39)36-15-13-35(14-16-36)12-6-5-9-26-18-27(29-30(31)32-21-33-38(26)29)24-10-11-25-20-37(34-28(25)17-24)19-23-7-3-2-4-8-23/h2-4,7-8,10-11,17-18,20-21H,5-6,9,12-16,19H2,1H3,(H2,31,32,33). The van der Waals surface area contributed by atoms with Crippen LogP contribution in [0.4, 0.5) is 5.82 Å². The van der Waals surface area contributed by atoms with Crippen LogP contribution >= 0.6 is 0 Å². The fraction of sp³-hybridized carbons (Fsp3) is 0.333. The molecule has 5 aromatic rings. The third-order valence-corrected chi connectivity index (χ3v) is 7.68. The predicted octanol–water partition coefficient (Wildman–Crippen LogP) is 3.86. The van der Waals surface area contributed by atoms with Gasteiger partial charge in [-0.05, 0) is 49.1 Å². The van der Waals surface area contributed by atoms with Crippen molar-refractivity contribution in [3.63, 3.8) is 0 Å². The van der Waals surface area contributed by atoms with Gasteiger partial charge in [0.1, 0.15) is 11.8 Å². The number of nitrogen functional groups attached to an aromatic ring is 1. The van der Waals surface area contributed by atoms with Crippen molar-refractivity contribution in [2.45, 2.75) is 32.7 Å². The molecule has 0 saturated carbocycles. The zero-order valence-electron chi connectivity index (χ0n) is 22.3. The Hall–Kier alpha value is -4.24. The molecule has 1 fully saturated rings. The highest BCUT2D eigenvalue weighted by molar-refractivity contribution is 5.92. The molecule has 0 aliphatic carbocycles. The number of carbonyl (C=O) groups excluding carboxylic acids is 1. The van der Waals surface area contributed by atoms with Crippen molar-refractivity contribution in [2.75, 3.05) is 38.5 Å². The Morgan fingerprint density at radius 3 is 2.62 bits per heavy atom. The van der Waals surface area contributed by atoms with E-state index in [0.717, 1.165) is 91.8 Å². The Morgan fingerprint density at radius 1 is 1.00 bits per heavy atom. The average Bonchev–Trinajstić information content (AvgIpc) is 3.53. The molecular formula is C30H34N8O. The number of nitrogens with two attached hydrogens (primary N) is 1. The van der Waals surface area contributed by atoms with Crippen LogP contribution in [0.5, 0.6) is 0 Å². The normalized spacial score (nSPS) is 14.4. The van der Waals surface area contributed by atoms with Crippen molar-refractivity contribution in [3.05, 3.63) is 78.4 Å². The van der Waals surface area contributed by atoms with Crippen molar-refractivity contribution in [1.82, 2.24) is 34.2 Å². The van der Waals surface area contributed by atoms with Crippen molar-refractivity contribution in [1.29, 1.82) is 0 Å². The van der Waals surface area contributed by atoms with Crippen LogP contribution in [0.1, 0.15) is 31.0 Å². The van der Waals surface area contributed by atoms with Crippen LogP contribution in [-0.2, 0) is 17.8 Å². The number of carbonyl (C=O) groups is 1. The van der Waals surface area contributed by atoms with Gasteiger partial charge in [-0.25, -0.2) is 9.50 Å². The summed E-state index contributed by atoms with van der Waals surface area (Å²) < 4.78 is 3.94. The van der Waals surface area contributed by atoms with Gasteiger partial charge >= 0.3 is 0 Å². The molecule has 2 aromatic carbocycles. The number of unbranched alkanes of at least 4 members (excludes halogenated alkanes) is 1. The summed E-state index contributed by atoms with van der Waals surface area (Å²) in [5.74, 6) is 0.649. The smallest absolute Gasteiger partial charge is 0.219 e. The van der Waals surface area contributed by atoms with Gasteiger partial charge < -0.3 is 10.6 Å². The summed E-state index contributed by atoms with van der Waals surface area (Å²) in [5.41, 5.74) is 12.6. The first kappa shape index (κ1) is 25.1. The molecule has 1 aliphatic rings. The lowest BCUT2D eigenvalue weighted by Crippen LogP contribution is -2.48. The number of aryl methyl sites for hydroxylation is 1. The zero-order chi connectivity index (χ0) is 26.8. The van der Waals surface area contributed by atoms with Crippen LogP contribution < -0.4 is 5.73 Å². The molecule has 6 rings (SSSR count). The van der Waals surface area contributed by atoms with Gasteiger partial charge in [-0.15, -0.1) is 0 Å². The van der Waals surface area contributed by atoms with Crippen molar-refractivity contribution >= 4 is 28.1 Å². The number of anilines is 1. The number of piperazine rings is 1. The molecular weight excluding hydrogens is 488 g/mol. The summed E-state index contributed by atoms with van der Waals surface area (Å²) in [6.07, 6.45) is 6.66. The maximum Gasteiger partial charge on any atom is 0.219 e. The van der Waals surface area contributed by atoms with Gasteiger partial charge in [0.2, 0.25) is 5.91 Å². The maximum atomic E-state index is 11.6. The van der Waals surface area contributed by atoms with E-state index in [9.17, 15) is 4.79 Å². The fourth-order valence-corrected chi connectivity index (χ4v) is 5.55. The summed E-state index contributed by atoms with van der Waals surface area (Å²) in [5, 5.41) is 10.5. The summed E-state index contributed by atoms with van der Waals surface area (Å²) in [7, 11) is 0. The molecule has 0 bridgehead atoms. The first-order chi connectivity index (χ1) is 19.0. The molecule has 0 unspecified atom stereocenters. The topological polar surface area (TPSA) is 97.6 Å². The van der Waals surface area contributed by atoms with E-state index < -0.39 is 0 Å². The lowest BCUT2D eigenvalue weighted by molar-refractivity contribution is -0.130. The van der Waals surface area contributed by atoms with Gasteiger partial charge in [-0.3, -0.25) is 14.4 Å². The Kier molecular flexibility index (Phi) is 6.98. The van der Waals surface area contributed by atoms with Crippen molar-refractivity contribution < 1.29 is 4.79 Å². The molecule has 4 heterocycles. The van der Waals surface area contributed by atoms with Gasteiger partial charge in [-0.1, -0.05) is 42.5 Å². The molecule has 1 amide bonds. The second-order valence-electron chi connectivity index (χ2n) is 10.3. The molecule has 1 saturated heterocycles. The first-order valence-electron chi connectivity index (χ1n) is 13.7. The van der Waals surface area contributed by atoms with E-state index >= 15 is 0 Å². The molecule has 1 aliphatic heterocycles. The predicted molar refractivity (Wildman–Crippen MR) is 153 cm³/mol. The number of hydrogen-bond donors (Lipinski definition) is 1. The molecule has 9 heteroatoms. The number of aromatic nitrogens is 5. The highest BCUT2D eigenvalue weighted by Crippen LogP contribution is 2.32. The van der Waals surface area contributed by atoms with E-state index in [2.05, 4.69) is 69.7 Å². The number of amides is 1. The highest BCUT2D eigenvalue weighted by Gasteiger charge is 2.19. The van der Waals surface area contributed by atoms with Gasteiger partial charge in [0.25, 0.3) is 0 Å². The Bertz CT molecular complexity index is 1600. The summed E-state index contributed by atoms with van der Waals surface area (Å²) >= 11 is 0. The Labute approximate surface area is 227 Å². The third kappa shape index (κ3) is 5.35. The lowest BCUT2D eigenvalue weighted by atomic mass is 10.0. The lowest BCUT2D eigenvalue weighted by Gasteiger charge is -2.34. The highest BCUT2D eigenvalue weighted by atomic mass is 16.2. The van der Waals surface area contributed by atoms with Crippen LogP contribution in [0.2, 0.25) is 0 Å². The summed E-state index contributed by atoms with van der Waals surface area (Å²) in [4.78, 5) is 20.2. The van der Waals surface area contributed by atoms with Crippen LogP contribution in [0.25, 0.3) is 27.5 Å². The Balaban J connectivity index is 1.18. The van der Waals surface area contributed by atoms with Crippen LogP contribution in [0.3, 0.4) is 0 Å². The molecule has 0 spiro atoms. The molecule has 9 nitrogen and oxygen atoms in total. The molecule has 2 N–H and O–H groups in total. The van der Waals surface area contributed by atoms with E-state index in [1.54, 1.807) is 6.92 Å². The minimum Gasteiger partial charge on any atom is -0.382 e. The van der Waals surface area contributed by atoms with Gasteiger partial charge in [0, 0.05) is 55.9 Å². The van der Waals surface area contributed by atoms with Crippen LogP contribution in [0.15, 0.2) is 67.1 Å². The summed E-state index contributed by atoms with van der Waals surface area (Å²) in [6.45, 7) is 6.98. The van der Waals surface area contributed by atoms with Gasteiger partial charge in [-0.2, -0.15) is 10.2 Å². The molecule has 200 valence electrons. The van der Waals surface area contributed by atoms with Crippen molar-refractivity contribution in [2.24, 2.45) is 0 Å². The number of hydrogen-bond acceptors (Lipinski definition) is 6. The quantitative estimate of drug-likeness (QED) is 0.311. The van der Waals surface area contributed by atoms with Crippen molar-refractivity contribution in [3.8, 4) is 11.1 Å². The van der Waals surface area contributed by atoms with E-state index in [1.165, 1.54) is 11.9 Å². The van der Waals surface area contributed by atoms with Crippen LogP contribution in [-0.4, -0.2) is 72.8 Å². The monoisotopic (exact) mass is 522 g/mol. The third-order valence-electron chi connectivity index (χ3n) is 7.68. The van der Waals surface area contributed by atoms with E-state index in [1.807, 2.05) is 20.2 Å². The molecule has 0 radical (unpaired) electrons. The maximum absolute atomic E-state index is 11.6. The number of rotatable bonds is 8. The fourth-order valence-electron chi connectivity index (χ4n) is 5.55. The minimum atomic E-state index is 0.173. The average molecular weight is 523 g/mol. The molecule has 39 heavy (non-hydrogen) atoms. The van der Waals surface area contributed by atoms with Gasteiger partial charge in [0.15, 0.2) is 5.82 Å². The van der Waals surface area contributed by atoms with Crippen LogP contribution in [0, 0.1) is 0 Å². The number of benzene rings is 2. The number of nitrogens with zero attached hydrogens (tertiary/aromatic N) is 7. The number of fused-ring (bicyclic) bond motifs is 2. The summed E-state index contributed by atoms with van der Waals surface area (Å²) in [6, 6.07) is 18.9.